The van der Waals surface area contributed by atoms with E-state index in [4.69, 9.17) is 4.74 Å². The number of esters is 1. The van der Waals surface area contributed by atoms with E-state index in [0.717, 1.165) is 0 Å². The number of carbonyl (C=O) groups is 3. The van der Waals surface area contributed by atoms with Crippen LogP contribution in [0.3, 0.4) is 0 Å². The molecule has 0 bridgehead atoms. The van der Waals surface area contributed by atoms with E-state index >= 15 is 0 Å². The lowest BCUT2D eigenvalue weighted by Crippen LogP contribution is -2.39. The molecule has 1 aromatic carbocycles. The van der Waals surface area contributed by atoms with Crippen LogP contribution in [0, 0.1) is 0 Å². The number of aromatic nitrogens is 2. The minimum Gasteiger partial charge on any atom is -0.497 e. The number of sulfone groups is 1. The van der Waals surface area contributed by atoms with Crippen LogP contribution < -0.4 is 15.4 Å². The molecule has 2 aromatic rings. The molecule has 0 aliphatic carbocycles. The zero-order valence-electron chi connectivity index (χ0n) is 16.3. The van der Waals surface area contributed by atoms with Crippen LogP contribution in [0.2, 0.25) is 0 Å². The molecule has 12 heteroatoms. The third-order valence-corrected chi connectivity index (χ3v) is 5.68. The van der Waals surface area contributed by atoms with Gasteiger partial charge < -0.3 is 20.1 Å². The zero-order valence-corrected chi connectivity index (χ0v) is 17.1. The molecule has 0 atom stereocenters. The predicted molar refractivity (Wildman–Crippen MR) is 105 cm³/mol. The summed E-state index contributed by atoms with van der Waals surface area (Å²) in [4.78, 5) is 35.7. The van der Waals surface area contributed by atoms with Crippen molar-refractivity contribution in [2.75, 3.05) is 25.6 Å². The highest BCUT2D eigenvalue weighted by Crippen LogP contribution is 2.33. The van der Waals surface area contributed by atoms with Gasteiger partial charge in [-0.3, -0.25) is 14.4 Å². The van der Waals surface area contributed by atoms with E-state index < -0.39 is 34.2 Å². The summed E-state index contributed by atoms with van der Waals surface area (Å²) in [5.41, 5.74) is 1.15. The van der Waals surface area contributed by atoms with Crippen LogP contribution in [0.4, 0.5) is 5.82 Å². The number of rotatable bonds is 6. The number of anilines is 1. The van der Waals surface area contributed by atoms with Crippen LogP contribution in [0.1, 0.15) is 18.2 Å². The predicted octanol–water partition coefficient (Wildman–Crippen LogP) is -0.0729. The van der Waals surface area contributed by atoms with Gasteiger partial charge in [-0.15, -0.1) is 0 Å². The lowest BCUT2D eigenvalue weighted by Gasteiger charge is -2.11. The van der Waals surface area contributed by atoms with Gasteiger partial charge in [-0.2, -0.15) is 5.10 Å². The molecule has 30 heavy (non-hydrogen) atoms. The molecule has 2 amide bonds. The highest BCUT2D eigenvalue weighted by molar-refractivity contribution is 7.90. The second-order valence-electron chi connectivity index (χ2n) is 6.36. The van der Waals surface area contributed by atoms with Crippen molar-refractivity contribution in [2.24, 2.45) is 0 Å². The van der Waals surface area contributed by atoms with Crippen molar-refractivity contribution in [1.29, 1.82) is 0 Å². The van der Waals surface area contributed by atoms with Crippen molar-refractivity contribution >= 4 is 33.4 Å². The summed E-state index contributed by atoms with van der Waals surface area (Å²) in [7, 11) is -1.87. The number of nitrogens with zero attached hydrogens (tertiary/aromatic N) is 2. The molecule has 0 radical (unpaired) electrons. The zero-order chi connectivity index (χ0) is 21.9. The maximum atomic E-state index is 12.3. The summed E-state index contributed by atoms with van der Waals surface area (Å²) in [6.45, 7) is 1.29. The quantitative estimate of drug-likeness (QED) is 0.473. The van der Waals surface area contributed by atoms with E-state index in [1.807, 2.05) is 0 Å². The highest BCUT2D eigenvalue weighted by atomic mass is 32.2. The van der Waals surface area contributed by atoms with Crippen molar-refractivity contribution in [2.45, 2.75) is 18.4 Å². The summed E-state index contributed by atoms with van der Waals surface area (Å²) in [6, 6.07) is 6.70. The van der Waals surface area contributed by atoms with Crippen molar-refractivity contribution in [3.05, 3.63) is 35.5 Å². The molecule has 1 aromatic heterocycles. The molecule has 0 fully saturated rings. The molecule has 1 aliphatic heterocycles. The molecule has 11 nitrogen and oxygen atoms in total. The first-order valence-electron chi connectivity index (χ1n) is 8.94. The summed E-state index contributed by atoms with van der Waals surface area (Å²) >= 11 is 0. The Hall–Kier alpha value is -3.41. The first-order chi connectivity index (χ1) is 14.2. The van der Waals surface area contributed by atoms with Gasteiger partial charge in [0.1, 0.15) is 18.1 Å². The van der Waals surface area contributed by atoms with Gasteiger partial charge in [-0.1, -0.05) is 0 Å². The monoisotopic (exact) mass is 436 g/mol. The standard InChI is InChI=1S/C18H20N4O7S/c1-3-29-15(23)8-19-17(24)18(25)20-16-13-9-30(26,27)10-14(13)21-22(16)11-4-6-12(28-2)7-5-11/h4-7H,3,8-10H2,1-2H3,(H,19,24)(H,20,25). The normalized spacial score (nSPS) is 13.9. The van der Waals surface area contributed by atoms with E-state index in [0.29, 0.717) is 22.7 Å². The first kappa shape index (κ1) is 21.3. The average Bonchev–Trinajstić information content (AvgIpc) is 3.18. The molecule has 0 spiro atoms. The summed E-state index contributed by atoms with van der Waals surface area (Å²) < 4.78 is 35.1. The van der Waals surface area contributed by atoms with Gasteiger partial charge in [0.05, 0.1) is 36.6 Å². The van der Waals surface area contributed by atoms with E-state index in [-0.39, 0.29) is 23.9 Å². The van der Waals surface area contributed by atoms with Crippen LogP contribution >= 0.6 is 0 Å². The maximum Gasteiger partial charge on any atom is 0.325 e. The van der Waals surface area contributed by atoms with Gasteiger partial charge >= 0.3 is 17.8 Å². The Morgan fingerprint density at radius 1 is 1.13 bits per heavy atom. The third kappa shape index (κ3) is 4.59. The molecule has 3 rings (SSSR count). The number of methoxy groups -OCH3 is 1. The van der Waals surface area contributed by atoms with E-state index in [1.165, 1.54) is 11.8 Å². The molecule has 2 N–H and O–H groups in total. The largest absolute Gasteiger partial charge is 0.497 e. The average molecular weight is 436 g/mol. The molecule has 1 aliphatic rings. The van der Waals surface area contributed by atoms with Crippen LogP contribution in [0.25, 0.3) is 5.69 Å². The smallest absolute Gasteiger partial charge is 0.325 e. The number of hydrogen-bond acceptors (Lipinski definition) is 8. The maximum absolute atomic E-state index is 12.3. The van der Waals surface area contributed by atoms with Gasteiger partial charge in [0, 0.05) is 5.56 Å². The number of benzene rings is 1. The lowest BCUT2D eigenvalue weighted by atomic mass is 10.2. The van der Waals surface area contributed by atoms with Gasteiger partial charge in [0.15, 0.2) is 9.84 Å². The molecule has 0 saturated heterocycles. The number of nitrogens with one attached hydrogen (secondary N) is 2. The molecular formula is C18H20N4O7S. The Balaban J connectivity index is 1.86. The van der Waals surface area contributed by atoms with E-state index in [2.05, 4.69) is 20.5 Å². The molecule has 0 unspecified atom stereocenters. The van der Waals surface area contributed by atoms with Crippen molar-refractivity contribution in [3.8, 4) is 11.4 Å². The Labute approximate surface area is 172 Å². The Bertz CT molecular complexity index is 1090. The molecule has 2 heterocycles. The Morgan fingerprint density at radius 2 is 1.83 bits per heavy atom. The fourth-order valence-electron chi connectivity index (χ4n) is 2.89. The number of carbonyl (C=O) groups excluding carboxylic acids is 3. The topological polar surface area (TPSA) is 146 Å². The van der Waals surface area contributed by atoms with Crippen molar-refractivity contribution in [1.82, 2.24) is 15.1 Å². The van der Waals surface area contributed by atoms with E-state index in [1.54, 1.807) is 31.2 Å². The summed E-state index contributed by atoms with van der Waals surface area (Å²) in [5, 5.41) is 8.86. The minimum atomic E-state index is -3.39. The van der Waals surface area contributed by atoms with Crippen LogP contribution in [-0.4, -0.2) is 56.2 Å². The van der Waals surface area contributed by atoms with Crippen molar-refractivity contribution in [3.63, 3.8) is 0 Å². The third-order valence-electron chi connectivity index (χ3n) is 4.24. The van der Waals surface area contributed by atoms with Gasteiger partial charge in [0.25, 0.3) is 0 Å². The van der Waals surface area contributed by atoms with Gasteiger partial charge in [0.2, 0.25) is 0 Å². The number of fused-ring (bicyclic) bond motifs is 1. The number of hydrogen-bond donors (Lipinski definition) is 2. The van der Waals surface area contributed by atoms with Crippen molar-refractivity contribution < 1.29 is 32.3 Å². The van der Waals surface area contributed by atoms with E-state index in [9.17, 15) is 22.8 Å². The summed E-state index contributed by atoms with van der Waals surface area (Å²) in [5.74, 6) is -2.71. The summed E-state index contributed by atoms with van der Waals surface area (Å²) in [6.07, 6.45) is 0. The van der Waals surface area contributed by atoms with Crippen LogP contribution in [0.5, 0.6) is 5.75 Å². The number of ether oxygens (including phenoxy) is 2. The van der Waals surface area contributed by atoms with Crippen LogP contribution in [-0.2, 0) is 40.5 Å². The Kier molecular flexibility index (Phi) is 6.06. The fourth-order valence-corrected chi connectivity index (χ4v) is 4.38. The molecule has 160 valence electrons. The fraction of sp³-hybridized carbons (Fsp3) is 0.333. The SMILES string of the molecule is CCOC(=O)CNC(=O)C(=O)Nc1c2c(nn1-c1ccc(OC)cc1)CS(=O)(=O)C2. The second kappa shape index (κ2) is 8.53. The van der Waals surface area contributed by atoms with Gasteiger partial charge in [-0.05, 0) is 31.2 Å². The Morgan fingerprint density at radius 3 is 2.47 bits per heavy atom. The van der Waals surface area contributed by atoms with Crippen LogP contribution in [0.15, 0.2) is 24.3 Å². The first-order valence-corrected chi connectivity index (χ1v) is 10.8. The lowest BCUT2D eigenvalue weighted by molar-refractivity contribution is -0.144. The highest BCUT2D eigenvalue weighted by Gasteiger charge is 2.34. The van der Waals surface area contributed by atoms with Gasteiger partial charge in [-0.25, -0.2) is 13.1 Å². The molecular weight excluding hydrogens is 416 g/mol. The number of amides is 2. The second-order valence-corrected chi connectivity index (χ2v) is 8.42. The molecule has 0 saturated carbocycles. The minimum absolute atomic E-state index is 0.0764.